The van der Waals surface area contributed by atoms with E-state index in [1.165, 1.54) is 18.2 Å². The number of nitrogens with one attached hydrogen (secondary N) is 1. The van der Waals surface area contributed by atoms with Gasteiger partial charge in [-0.15, -0.1) is 0 Å². The molecule has 30 heavy (non-hydrogen) atoms. The lowest BCUT2D eigenvalue weighted by atomic mass is 9.98. The fraction of sp³-hybridized carbons (Fsp3) is 0.125. The van der Waals surface area contributed by atoms with Crippen LogP contribution >= 0.6 is 0 Å². The molecule has 0 fully saturated rings. The Morgan fingerprint density at radius 1 is 0.867 bits per heavy atom. The van der Waals surface area contributed by atoms with Crippen LogP contribution in [0.5, 0.6) is 0 Å². The molecule has 0 aromatic heterocycles. The van der Waals surface area contributed by atoms with Crippen molar-refractivity contribution >= 4 is 17.7 Å². The first kappa shape index (κ1) is 20.9. The van der Waals surface area contributed by atoms with Gasteiger partial charge in [-0.2, -0.15) is 0 Å². The highest BCUT2D eigenvalue weighted by Crippen LogP contribution is 2.16. The van der Waals surface area contributed by atoms with Crippen molar-refractivity contribution in [2.45, 2.75) is 13.5 Å². The van der Waals surface area contributed by atoms with E-state index in [0.29, 0.717) is 11.1 Å². The van der Waals surface area contributed by atoms with Crippen molar-refractivity contribution in [1.29, 1.82) is 0 Å². The van der Waals surface area contributed by atoms with Gasteiger partial charge >= 0.3 is 5.97 Å². The second kappa shape index (κ2) is 9.60. The molecule has 3 rings (SSSR count). The molecule has 3 aromatic rings. The Hall–Kier alpha value is -3.80. The number of rotatable bonds is 7. The molecule has 1 N–H and O–H groups in total. The summed E-state index contributed by atoms with van der Waals surface area (Å²) in [4.78, 5) is 37.2. The predicted molar refractivity (Wildman–Crippen MR) is 110 cm³/mol. The van der Waals surface area contributed by atoms with Gasteiger partial charge in [0.2, 0.25) is 0 Å². The normalized spacial score (nSPS) is 10.3. The number of esters is 1. The fourth-order valence-corrected chi connectivity index (χ4v) is 2.78. The highest BCUT2D eigenvalue weighted by atomic mass is 19.1. The van der Waals surface area contributed by atoms with Gasteiger partial charge in [0.05, 0.1) is 5.56 Å². The molecule has 0 spiro atoms. The van der Waals surface area contributed by atoms with Crippen molar-refractivity contribution in [3.05, 3.63) is 106 Å². The number of carbonyl (C=O) groups is 3. The van der Waals surface area contributed by atoms with E-state index in [9.17, 15) is 18.8 Å². The quantitative estimate of drug-likeness (QED) is 0.479. The number of ether oxygens (including phenoxy) is 1. The van der Waals surface area contributed by atoms with Crippen LogP contribution in [0.25, 0.3) is 0 Å². The smallest absolute Gasteiger partial charge is 0.339 e. The van der Waals surface area contributed by atoms with E-state index >= 15 is 0 Å². The first-order valence-electron chi connectivity index (χ1n) is 9.32. The number of carbonyl (C=O) groups excluding carboxylic acids is 3. The Bertz CT molecular complexity index is 1060. The first-order chi connectivity index (χ1) is 14.4. The molecule has 152 valence electrons. The molecule has 0 saturated heterocycles. The van der Waals surface area contributed by atoms with Crippen molar-refractivity contribution in [1.82, 2.24) is 5.32 Å². The van der Waals surface area contributed by atoms with Crippen LogP contribution in [0.3, 0.4) is 0 Å². The molecule has 0 aliphatic rings. The standard InChI is InChI=1S/C24H20FNO4/c1-16-6-10-18(11-7-16)23(28)20-4-2-3-5-21(20)24(29)30-15-22(27)26-14-17-8-12-19(25)13-9-17/h2-13H,14-15H2,1H3,(H,26,27). The lowest BCUT2D eigenvalue weighted by Gasteiger charge is -2.10. The molecule has 0 aliphatic heterocycles. The van der Waals surface area contributed by atoms with Crippen LogP contribution in [-0.4, -0.2) is 24.3 Å². The molecule has 1 amide bonds. The number of hydrogen-bond donors (Lipinski definition) is 1. The zero-order chi connectivity index (χ0) is 21.5. The number of halogens is 1. The third-order valence-electron chi connectivity index (χ3n) is 4.44. The highest BCUT2D eigenvalue weighted by molar-refractivity contribution is 6.14. The Labute approximate surface area is 173 Å². The number of ketones is 1. The van der Waals surface area contributed by atoms with Crippen LogP contribution < -0.4 is 5.32 Å². The van der Waals surface area contributed by atoms with Crippen molar-refractivity contribution in [2.75, 3.05) is 6.61 Å². The van der Waals surface area contributed by atoms with Crippen LogP contribution in [-0.2, 0) is 16.1 Å². The van der Waals surface area contributed by atoms with E-state index in [0.717, 1.165) is 5.56 Å². The Balaban J connectivity index is 1.61. The van der Waals surface area contributed by atoms with Gasteiger partial charge in [-0.25, -0.2) is 9.18 Å². The topological polar surface area (TPSA) is 72.5 Å². The minimum atomic E-state index is -0.761. The maximum atomic E-state index is 12.9. The van der Waals surface area contributed by atoms with Gasteiger partial charge < -0.3 is 10.1 Å². The summed E-state index contributed by atoms with van der Waals surface area (Å²) >= 11 is 0. The molecule has 0 heterocycles. The number of aryl methyl sites for hydroxylation is 1. The SMILES string of the molecule is Cc1ccc(C(=O)c2ccccc2C(=O)OCC(=O)NCc2ccc(F)cc2)cc1. The van der Waals surface area contributed by atoms with Crippen LogP contribution in [0, 0.1) is 12.7 Å². The van der Waals surface area contributed by atoms with Gasteiger partial charge in [-0.05, 0) is 30.7 Å². The number of amides is 1. The molecule has 5 nitrogen and oxygen atoms in total. The minimum Gasteiger partial charge on any atom is -0.452 e. The Kier molecular flexibility index (Phi) is 6.70. The summed E-state index contributed by atoms with van der Waals surface area (Å²) in [5.41, 5.74) is 2.49. The van der Waals surface area contributed by atoms with E-state index < -0.39 is 18.5 Å². The summed E-state index contributed by atoms with van der Waals surface area (Å²) < 4.78 is 18.0. The summed E-state index contributed by atoms with van der Waals surface area (Å²) in [6, 6.07) is 19.0. The molecule has 6 heteroatoms. The van der Waals surface area contributed by atoms with E-state index in [1.807, 2.05) is 19.1 Å². The second-order valence-electron chi connectivity index (χ2n) is 6.72. The lowest BCUT2D eigenvalue weighted by Crippen LogP contribution is -2.28. The zero-order valence-corrected chi connectivity index (χ0v) is 16.4. The average molecular weight is 405 g/mol. The van der Waals surface area contributed by atoms with Crippen molar-refractivity contribution in [2.24, 2.45) is 0 Å². The monoisotopic (exact) mass is 405 g/mol. The predicted octanol–water partition coefficient (Wildman–Crippen LogP) is 3.84. The van der Waals surface area contributed by atoms with Gasteiger partial charge in [0, 0.05) is 17.7 Å². The zero-order valence-electron chi connectivity index (χ0n) is 16.4. The Morgan fingerprint density at radius 2 is 1.50 bits per heavy atom. The maximum Gasteiger partial charge on any atom is 0.339 e. The molecule has 0 atom stereocenters. The van der Waals surface area contributed by atoms with Gasteiger partial charge in [-0.3, -0.25) is 9.59 Å². The number of hydrogen-bond acceptors (Lipinski definition) is 4. The molecular formula is C24H20FNO4. The Morgan fingerprint density at radius 3 is 2.17 bits per heavy atom. The summed E-state index contributed by atoms with van der Waals surface area (Å²) in [5, 5.41) is 2.59. The van der Waals surface area contributed by atoms with E-state index in [2.05, 4.69) is 5.32 Å². The van der Waals surface area contributed by atoms with E-state index in [-0.39, 0.29) is 29.3 Å². The maximum absolute atomic E-state index is 12.9. The minimum absolute atomic E-state index is 0.0920. The van der Waals surface area contributed by atoms with E-state index in [1.54, 1.807) is 42.5 Å². The van der Waals surface area contributed by atoms with Crippen molar-refractivity contribution in [3.8, 4) is 0 Å². The van der Waals surface area contributed by atoms with Gasteiger partial charge in [0.1, 0.15) is 5.82 Å². The highest BCUT2D eigenvalue weighted by Gasteiger charge is 2.19. The molecule has 0 bridgehead atoms. The fourth-order valence-electron chi connectivity index (χ4n) is 2.78. The molecule has 0 unspecified atom stereocenters. The molecule has 0 aliphatic carbocycles. The largest absolute Gasteiger partial charge is 0.452 e. The lowest BCUT2D eigenvalue weighted by molar-refractivity contribution is -0.124. The summed E-state index contributed by atoms with van der Waals surface area (Å²) in [7, 11) is 0. The third-order valence-corrected chi connectivity index (χ3v) is 4.44. The van der Waals surface area contributed by atoms with Crippen LogP contribution in [0.1, 0.15) is 37.4 Å². The summed E-state index contributed by atoms with van der Waals surface area (Å²) in [6.07, 6.45) is 0. The number of benzene rings is 3. The molecular weight excluding hydrogens is 385 g/mol. The van der Waals surface area contributed by atoms with Gasteiger partial charge in [0.15, 0.2) is 12.4 Å². The van der Waals surface area contributed by atoms with Crippen molar-refractivity contribution in [3.63, 3.8) is 0 Å². The second-order valence-corrected chi connectivity index (χ2v) is 6.72. The third kappa shape index (κ3) is 5.38. The van der Waals surface area contributed by atoms with Gasteiger partial charge in [0.25, 0.3) is 5.91 Å². The molecule has 0 radical (unpaired) electrons. The van der Waals surface area contributed by atoms with Crippen LogP contribution in [0.2, 0.25) is 0 Å². The van der Waals surface area contributed by atoms with Crippen molar-refractivity contribution < 1.29 is 23.5 Å². The summed E-state index contributed by atoms with van der Waals surface area (Å²) in [5.74, 6) is -1.93. The van der Waals surface area contributed by atoms with Gasteiger partial charge in [-0.1, -0.05) is 60.2 Å². The average Bonchev–Trinajstić information content (AvgIpc) is 2.77. The van der Waals surface area contributed by atoms with E-state index in [4.69, 9.17) is 4.74 Å². The van der Waals surface area contributed by atoms with Crippen LogP contribution in [0.4, 0.5) is 4.39 Å². The molecule has 0 saturated carbocycles. The first-order valence-corrected chi connectivity index (χ1v) is 9.32. The molecule has 3 aromatic carbocycles. The summed E-state index contributed by atoms with van der Waals surface area (Å²) in [6.45, 7) is 1.60. The van der Waals surface area contributed by atoms with Crippen LogP contribution in [0.15, 0.2) is 72.8 Å².